The highest BCUT2D eigenvalue weighted by atomic mass is 32.2. The van der Waals surface area contributed by atoms with Crippen LogP contribution in [0.2, 0.25) is 0 Å². The zero-order chi connectivity index (χ0) is 18.9. The van der Waals surface area contributed by atoms with Crippen LogP contribution in [0, 0.1) is 5.92 Å². The van der Waals surface area contributed by atoms with Gasteiger partial charge in [0, 0.05) is 13.0 Å². The number of rotatable bonds is 11. The van der Waals surface area contributed by atoms with E-state index in [0.717, 1.165) is 17.8 Å². The molecule has 1 aromatic heterocycles. The average Bonchev–Trinajstić information content (AvgIpc) is 3.10. The van der Waals surface area contributed by atoms with Crippen LogP contribution in [0.4, 0.5) is 0 Å². The molecular formula is C16H26N2O5S2. The van der Waals surface area contributed by atoms with Gasteiger partial charge in [0.15, 0.2) is 0 Å². The Labute approximate surface area is 153 Å². The van der Waals surface area contributed by atoms with Crippen molar-refractivity contribution in [2.24, 2.45) is 5.92 Å². The molecule has 0 spiro atoms. The minimum absolute atomic E-state index is 0.186. The van der Waals surface area contributed by atoms with Crippen molar-refractivity contribution in [1.29, 1.82) is 0 Å². The first-order valence-electron chi connectivity index (χ1n) is 8.18. The standard InChI is InChI=1S/C16H26N2O5S2/c1-12(2)15(18-25(21,22)14-9-7-11-24-14)16(20)17-10-6-4-5-8-13(19)23-3/h7,9,11-12,15,18H,4-6,8,10H2,1-3H3,(H,17,20). The number of carbonyl (C=O) groups is 2. The summed E-state index contributed by atoms with van der Waals surface area (Å²) in [4.78, 5) is 23.3. The number of thiophene rings is 1. The number of nitrogens with one attached hydrogen (secondary N) is 2. The van der Waals surface area contributed by atoms with Gasteiger partial charge in [-0.15, -0.1) is 11.3 Å². The van der Waals surface area contributed by atoms with E-state index in [1.807, 2.05) is 0 Å². The molecule has 1 rings (SSSR count). The summed E-state index contributed by atoms with van der Waals surface area (Å²) in [6.45, 7) is 4.01. The number of hydrogen-bond donors (Lipinski definition) is 2. The van der Waals surface area contributed by atoms with Gasteiger partial charge in [0.2, 0.25) is 5.91 Å². The topological polar surface area (TPSA) is 102 Å². The Kier molecular flexibility index (Phi) is 9.09. The van der Waals surface area contributed by atoms with Gasteiger partial charge in [-0.2, -0.15) is 4.72 Å². The molecule has 1 unspecified atom stereocenters. The van der Waals surface area contributed by atoms with Gasteiger partial charge in [-0.25, -0.2) is 8.42 Å². The highest BCUT2D eigenvalue weighted by Gasteiger charge is 2.28. The lowest BCUT2D eigenvalue weighted by Crippen LogP contribution is -2.49. The third kappa shape index (κ3) is 7.54. The zero-order valence-electron chi connectivity index (χ0n) is 14.8. The number of unbranched alkanes of at least 4 members (excludes halogenated alkanes) is 2. The van der Waals surface area contributed by atoms with E-state index in [2.05, 4.69) is 14.8 Å². The van der Waals surface area contributed by atoms with Crippen molar-refractivity contribution in [3.63, 3.8) is 0 Å². The van der Waals surface area contributed by atoms with E-state index in [9.17, 15) is 18.0 Å². The van der Waals surface area contributed by atoms with Crippen LogP contribution in [0.3, 0.4) is 0 Å². The fourth-order valence-electron chi connectivity index (χ4n) is 2.13. The summed E-state index contributed by atoms with van der Waals surface area (Å²) < 4.78 is 31.8. The van der Waals surface area contributed by atoms with Gasteiger partial charge in [-0.3, -0.25) is 9.59 Å². The van der Waals surface area contributed by atoms with Crippen LogP contribution in [-0.2, 0) is 24.3 Å². The summed E-state index contributed by atoms with van der Waals surface area (Å²) in [5.41, 5.74) is 0. The van der Waals surface area contributed by atoms with Crippen LogP contribution in [0.15, 0.2) is 21.7 Å². The molecule has 0 aliphatic rings. The van der Waals surface area contributed by atoms with Gasteiger partial charge in [0.05, 0.1) is 7.11 Å². The van der Waals surface area contributed by atoms with Gasteiger partial charge in [0.1, 0.15) is 10.3 Å². The Morgan fingerprint density at radius 1 is 1.24 bits per heavy atom. The van der Waals surface area contributed by atoms with E-state index in [-0.39, 0.29) is 22.0 Å². The predicted molar refractivity (Wildman–Crippen MR) is 96.8 cm³/mol. The molecule has 142 valence electrons. The van der Waals surface area contributed by atoms with Crippen LogP contribution in [0.5, 0.6) is 0 Å². The highest BCUT2D eigenvalue weighted by molar-refractivity contribution is 7.91. The third-order valence-electron chi connectivity index (χ3n) is 3.58. The fraction of sp³-hybridized carbons (Fsp3) is 0.625. The Bertz CT molecular complexity index is 641. The summed E-state index contributed by atoms with van der Waals surface area (Å²) in [5, 5.41) is 4.43. The first kappa shape index (κ1) is 21.6. The summed E-state index contributed by atoms with van der Waals surface area (Å²) >= 11 is 1.11. The number of carbonyl (C=O) groups excluding carboxylic acids is 2. The number of hydrogen-bond acceptors (Lipinski definition) is 6. The average molecular weight is 391 g/mol. The van der Waals surface area contributed by atoms with E-state index < -0.39 is 16.1 Å². The smallest absolute Gasteiger partial charge is 0.305 e. The molecule has 0 aliphatic carbocycles. The maximum atomic E-state index is 12.3. The lowest BCUT2D eigenvalue weighted by Gasteiger charge is -2.21. The van der Waals surface area contributed by atoms with Gasteiger partial charge < -0.3 is 10.1 Å². The number of amides is 1. The Balaban J connectivity index is 2.45. The van der Waals surface area contributed by atoms with Gasteiger partial charge in [-0.05, 0) is 30.2 Å². The number of sulfonamides is 1. The first-order valence-corrected chi connectivity index (χ1v) is 10.5. The van der Waals surface area contributed by atoms with E-state index in [1.165, 1.54) is 13.2 Å². The molecule has 0 saturated heterocycles. The summed E-state index contributed by atoms with van der Waals surface area (Å²) in [7, 11) is -2.35. The summed E-state index contributed by atoms with van der Waals surface area (Å²) in [5.74, 6) is -0.774. The third-order valence-corrected chi connectivity index (χ3v) is 6.41. The molecule has 9 heteroatoms. The van der Waals surface area contributed by atoms with Crippen LogP contribution in [-0.4, -0.2) is 40.0 Å². The van der Waals surface area contributed by atoms with Crippen LogP contribution < -0.4 is 10.0 Å². The van der Waals surface area contributed by atoms with Crippen LogP contribution >= 0.6 is 11.3 Å². The Morgan fingerprint density at radius 2 is 1.96 bits per heavy atom. The minimum atomic E-state index is -3.70. The number of esters is 1. The molecule has 0 aromatic carbocycles. The molecule has 1 atom stereocenters. The van der Waals surface area contributed by atoms with Gasteiger partial charge >= 0.3 is 5.97 Å². The van der Waals surface area contributed by atoms with Crippen molar-refractivity contribution in [2.75, 3.05) is 13.7 Å². The predicted octanol–water partition coefficient (Wildman–Crippen LogP) is 1.90. The second-order valence-corrected chi connectivity index (χ2v) is 8.84. The summed E-state index contributed by atoms with van der Waals surface area (Å²) in [6, 6.07) is 2.32. The second kappa shape index (κ2) is 10.5. The molecule has 0 radical (unpaired) electrons. The molecule has 25 heavy (non-hydrogen) atoms. The Morgan fingerprint density at radius 3 is 2.52 bits per heavy atom. The zero-order valence-corrected chi connectivity index (χ0v) is 16.4. The van der Waals surface area contributed by atoms with Gasteiger partial charge in [0.25, 0.3) is 10.0 Å². The second-order valence-electron chi connectivity index (χ2n) is 5.95. The van der Waals surface area contributed by atoms with Crippen LogP contribution in [0.1, 0.15) is 39.5 Å². The maximum Gasteiger partial charge on any atom is 0.305 e. The number of ether oxygens (including phenoxy) is 1. The van der Waals surface area contributed by atoms with E-state index >= 15 is 0 Å². The van der Waals surface area contributed by atoms with Crippen molar-refractivity contribution in [1.82, 2.24) is 10.0 Å². The van der Waals surface area contributed by atoms with E-state index in [0.29, 0.717) is 25.8 Å². The minimum Gasteiger partial charge on any atom is -0.469 e. The van der Waals surface area contributed by atoms with Crippen LogP contribution in [0.25, 0.3) is 0 Å². The monoisotopic (exact) mass is 390 g/mol. The van der Waals surface area contributed by atoms with E-state index in [1.54, 1.807) is 25.3 Å². The van der Waals surface area contributed by atoms with Crippen molar-refractivity contribution in [3.05, 3.63) is 17.5 Å². The SMILES string of the molecule is COC(=O)CCCCCNC(=O)C(NS(=O)(=O)c1cccs1)C(C)C. The molecule has 0 saturated carbocycles. The fourth-order valence-corrected chi connectivity index (χ4v) is 4.48. The number of methoxy groups -OCH3 is 1. The molecule has 7 nitrogen and oxygen atoms in total. The molecule has 0 bridgehead atoms. The lowest BCUT2D eigenvalue weighted by molar-refractivity contribution is -0.140. The van der Waals surface area contributed by atoms with Crippen molar-refractivity contribution < 1.29 is 22.7 Å². The molecular weight excluding hydrogens is 364 g/mol. The largest absolute Gasteiger partial charge is 0.469 e. The van der Waals surface area contributed by atoms with E-state index in [4.69, 9.17) is 0 Å². The normalized spacial score (nSPS) is 12.8. The molecule has 1 heterocycles. The molecule has 2 N–H and O–H groups in total. The summed E-state index contributed by atoms with van der Waals surface area (Å²) in [6.07, 6.45) is 2.55. The molecule has 0 aliphatic heterocycles. The van der Waals surface area contributed by atoms with Crippen molar-refractivity contribution in [3.8, 4) is 0 Å². The highest BCUT2D eigenvalue weighted by Crippen LogP contribution is 2.17. The molecule has 0 fully saturated rings. The molecule has 1 aromatic rings. The van der Waals surface area contributed by atoms with Crippen molar-refractivity contribution in [2.45, 2.75) is 49.8 Å². The molecule has 1 amide bonds. The Hall–Kier alpha value is -1.45. The quantitative estimate of drug-likeness (QED) is 0.444. The lowest BCUT2D eigenvalue weighted by atomic mass is 10.0. The maximum absolute atomic E-state index is 12.3. The van der Waals surface area contributed by atoms with Crippen molar-refractivity contribution >= 4 is 33.2 Å². The first-order chi connectivity index (χ1) is 11.8. The van der Waals surface area contributed by atoms with Gasteiger partial charge in [-0.1, -0.05) is 26.3 Å².